The maximum absolute atomic E-state index is 12.5. The molecule has 1 unspecified atom stereocenters. The Morgan fingerprint density at radius 1 is 1.29 bits per heavy atom. The van der Waals surface area contributed by atoms with Crippen LogP contribution in [0.25, 0.3) is 0 Å². The monoisotopic (exact) mass is 433 g/mol. The lowest BCUT2D eigenvalue weighted by atomic mass is 10.1. The van der Waals surface area contributed by atoms with E-state index in [-0.39, 0.29) is 5.97 Å². The standard InChI is InChI=1S/C22H35N5O4/c1-5-17-20-18(9-6-12-30-13-7-10-23-21(20)28)27(25-17)11-8-14-31-22(29)19-15(2)24-26(4)16(19)3/h21,23,28H,5-14H2,1-4H3. The summed E-state index contributed by atoms with van der Waals surface area (Å²) >= 11 is 0. The van der Waals surface area contributed by atoms with Gasteiger partial charge in [-0.2, -0.15) is 10.2 Å². The van der Waals surface area contributed by atoms with Gasteiger partial charge in [0.25, 0.3) is 0 Å². The molecule has 1 atom stereocenters. The maximum atomic E-state index is 12.5. The molecule has 0 aliphatic carbocycles. The quantitative estimate of drug-likeness (QED) is 0.530. The summed E-state index contributed by atoms with van der Waals surface area (Å²) in [6.45, 7) is 8.73. The molecule has 3 heterocycles. The Balaban J connectivity index is 1.66. The highest BCUT2D eigenvalue weighted by Gasteiger charge is 2.23. The van der Waals surface area contributed by atoms with E-state index in [0.29, 0.717) is 50.6 Å². The molecule has 2 aromatic rings. The smallest absolute Gasteiger partial charge is 0.341 e. The lowest BCUT2D eigenvalue weighted by molar-refractivity contribution is 0.0492. The van der Waals surface area contributed by atoms with Gasteiger partial charge in [-0.3, -0.25) is 14.7 Å². The van der Waals surface area contributed by atoms with Crippen molar-refractivity contribution in [2.24, 2.45) is 7.05 Å². The summed E-state index contributed by atoms with van der Waals surface area (Å²) in [4.78, 5) is 12.5. The van der Waals surface area contributed by atoms with Gasteiger partial charge in [0.15, 0.2) is 0 Å². The van der Waals surface area contributed by atoms with Crippen LogP contribution >= 0.6 is 0 Å². The summed E-state index contributed by atoms with van der Waals surface area (Å²) < 4.78 is 14.8. The minimum atomic E-state index is -0.730. The van der Waals surface area contributed by atoms with E-state index in [1.54, 1.807) is 4.68 Å². The van der Waals surface area contributed by atoms with Crippen molar-refractivity contribution in [2.75, 3.05) is 26.4 Å². The molecule has 0 amide bonds. The fourth-order valence-electron chi connectivity index (χ4n) is 4.07. The highest BCUT2D eigenvalue weighted by atomic mass is 16.5. The highest BCUT2D eigenvalue weighted by molar-refractivity contribution is 5.91. The van der Waals surface area contributed by atoms with Crippen molar-refractivity contribution in [3.8, 4) is 0 Å². The van der Waals surface area contributed by atoms with Gasteiger partial charge >= 0.3 is 5.97 Å². The molecular formula is C22H35N5O4. The average molecular weight is 434 g/mol. The average Bonchev–Trinajstić information content (AvgIpc) is 3.21. The Bertz CT molecular complexity index is 889. The SMILES string of the molecule is CCc1nn(CCCOC(=O)c2c(C)nn(C)c2C)c2c1C(O)NCCCOCCC2. The number of nitrogens with zero attached hydrogens (tertiary/aromatic N) is 4. The summed E-state index contributed by atoms with van der Waals surface area (Å²) in [7, 11) is 1.82. The number of nitrogens with one attached hydrogen (secondary N) is 1. The lowest BCUT2D eigenvalue weighted by Gasteiger charge is -2.15. The summed E-state index contributed by atoms with van der Waals surface area (Å²) in [6, 6.07) is 0. The molecule has 2 aromatic heterocycles. The molecule has 3 rings (SSSR count). The van der Waals surface area contributed by atoms with Crippen LogP contribution in [0.15, 0.2) is 0 Å². The van der Waals surface area contributed by atoms with Crippen LogP contribution in [0.1, 0.15) is 71.1 Å². The van der Waals surface area contributed by atoms with E-state index in [1.807, 2.05) is 32.5 Å². The predicted octanol–water partition coefficient (Wildman–Crippen LogP) is 1.98. The molecular weight excluding hydrogens is 398 g/mol. The molecule has 9 nitrogen and oxygen atoms in total. The molecule has 1 aliphatic rings. The van der Waals surface area contributed by atoms with E-state index in [4.69, 9.17) is 14.6 Å². The van der Waals surface area contributed by atoms with Crippen molar-refractivity contribution in [2.45, 2.75) is 65.6 Å². The van der Waals surface area contributed by atoms with Gasteiger partial charge in [-0.1, -0.05) is 6.92 Å². The number of rotatable bonds is 6. The van der Waals surface area contributed by atoms with Crippen molar-refractivity contribution in [1.29, 1.82) is 0 Å². The first-order valence-electron chi connectivity index (χ1n) is 11.2. The van der Waals surface area contributed by atoms with Gasteiger partial charge in [0.1, 0.15) is 11.8 Å². The first-order chi connectivity index (χ1) is 14.9. The second kappa shape index (κ2) is 10.9. The number of ether oxygens (including phenoxy) is 2. The van der Waals surface area contributed by atoms with Crippen LogP contribution in [0.5, 0.6) is 0 Å². The summed E-state index contributed by atoms with van der Waals surface area (Å²) in [6.07, 6.45) is 3.19. The normalized spacial score (nSPS) is 17.8. The number of aryl methyl sites for hydroxylation is 4. The van der Waals surface area contributed by atoms with E-state index >= 15 is 0 Å². The topological polar surface area (TPSA) is 103 Å². The number of aromatic nitrogens is 4. The third kappa shape index (κ3) is 5.53. The lowest BCUT2D eigenvalue weighted by Crippen LogP contribution is -2.24. The third-order valence-corrected chi connectivity index (χ3v) is 5.75. The molecule has 172 valence electrons. The summed E-state index contributed by atoms with van der Waals surface area (Å²) in [5.41, 5.74) is 4.86. The molecule has 1 aliphatic heterocycles. The van der Waals surface area contributed by atoms with E-state index < -0.39 is 6.23 Å². The van der Waals surface area contributed by atoms with Crippen molar-refractivity contribution in [3.05, 3.63) is 33.9 Å². The largest absolute Gasteiger partial charge is 0.462 e. The minimum Gasteiger partial charge on any atom is -0.462 e. The third-order valence-electron chi connectivity index (χ3n) is 5.75. The Kier molecular flexibility index (Phi) is 8.22. The van der Waals surface area contributed by atoms with Crippen LogP contribution in [0.2, 0.25) is 0 Å². The molecule has 9 heteroatoms. The Hall–Kier alpha value is -2.23. The number of esters is 1. The van der Waals surface area contributed by atoms with Crippen LogP contribution < -0.4 is 5.32 Å². The first-order valence-corrected chi connectivity index (χ1v) is 11.2. The van der Waals surface area contributed by atoms with E-state index in [2.05, 4.69) is 10.4 Å². The van der Waals surface area contributed by atoms with Crippen molar-refractivity contribution in [1.82, 2.24) is 24.9 Å². The minimum absolute atomic E-state index is 0.298. The summed E-state index contributed by atoms with van der Waals surface area (Å²) in [5, 5.41) is 23.0. The number of aliphatic hydroxyl groups is 1. The number of hydrogen-bond donors (Lipinski definition) is 2. The zero-order valence-electron chi connectivity index (χ0n) is 19.1. The van der Waals surface area contributed by atoms with Crippen LogP contribution in [0, 0.1) is 13.8 Å². The molecule has 0 spiro atoms. The molecule has 0 saturated carbocycles. The van der Waals surface area contributed by atoms with Gasteiger partial charge in [-0.05, 0) is 46.1 Å². The van der Waals surface area contributed by atoms with E-state index in [1.165, 1.54) is 0 Å². The molecule has 0 saturated heterocycles. The zero-order chi connectivity index (χ0) is 22.4. The number of carbonyl (C=O) groups is 1. The fourth-order valence-corrected chi connectivity index (χ4v) is 4.07. The molecule has 31 heavy (non-hydrogen) atoms. The maximum Gasteiger partial charge on any atom is 0.341 e. The van der Waals surface area contributed by atoms with Crippen LogP contribution in [0.4, 0.5) is 0 Å². The van der Waals surface area contributed by atoms with Gasteiger partial charge < -0.3 is 14.6 Å². The van der Waals surface area contributed by atoms with E-state index in [9.17, 15) is 9.90 Å². The van der Waals surface area contributed by atoms with Crippen LogP contribution in [-0.2, 0) is 35.9 Å². The number of hydrogen-bond acceptors (Lipinski definition) is 7. The van der Waals surface area contributed by atoms with Crippen molar-refractivity contribution in [3.63, 3.8) is 0 Å². The molecule has 0 aromatic carbocycles. The molecule has 0 radical (unpaired) electrons. The molecule has 2 N–H and O–H groups in total. The first kappa shape index (κ1) is 23.4. The van der Waals surface area contributed by atoms with Gasteiger partial charge in [0.2, 0.25) is 0 Å². The Morgan fingerprint density at radius 3 is 2.77 bits per heavy atom. The van der Waals surface area contributed by atoms with Crippen LogP contribution in [-0.4, -0.2) is 57.0 Å². The highest BCUT2D eigenvalue weighted by Crippen LogP contribution is 2.24. The van der Waals surface area contributed by atoms with Gasteiger partial charge in [-0.25, -0.2) is 4.79 Å². The van der Waals surface area contributed by atoms with Crippen LogP contribution in [0.3, 0.4) is 0 Å². The van der Waals surface area contributed by atoms with Gasteiger partial charge in [-0.15, -0.1) is 0 Å². The van der Waals surface area contributed by atoms with E-state index in [0.717, 1.165) is 48.3 Å². The van der Waals surface area contributed by atoms with Crippen molar-refractivity contribution >= 4 is 5.97 Å². The number of fused-ring (bicyclic) bond motifs is 1. The summed E-state index contributed by atoms with van der Waals surface area (Å²) in [5.74, 6) is -0.339. The van der Waals surface area contributed by atoms with Gasteiger partial charge in [0, 0.05) is 50.2 Å². The Morgan fingerprint density at radius 2 is 2.06 bits per heavy atom. The number of aliphatic hydroxyl groups excluding tert-OH is 1. The van der Waals surface area contributed by atoms with Gasteiger partial charge in [0.05, 0.1) is 18.0 Å². The van der Waals surface area contributed by atoms with Crippen molar-refractivity contribution < 1.29 is 19.4 Å². The Labute approximate surface area is 183 Å². The fraction of sp³-hybridized carbons (Fsp3) is 0.682. The predicted molar refractivity (Wildman–Crippen MR) is 116 cm³/mol. The second-order valence-corrected chi connectivity index (χ2v) is 7.97. The second-order valence-electron chi connectivity index (χ2n) is 7.97. The molecule has 0 bridgehead atoms. The zero-order valence-corrected chi connectivity index (χ0v) is 19.1. The molecule has 0 fully saturated rings. The number of carbonyl (C=O) groups excluding carboxylic acids is 1.